The molecule has 0 aromatic heterocycles. The van der Waals surface area contributed by atoms with E-state index in [1.807, 2.05) is 0 Å². The van der Waals surface area contributed by atoms with Crippen LogP contribution in [0.25, 0.3) is 0 Å². The maximum atomic E-state index is 13.4. The van der Waals surface area contributed by atoms with Crippen LogP contribution >= 0.6 is 0 Å². The van der Waals surface area contributed by atoms with Crippen molar-refractivity contribution in [3.05, 3.63) is 71.0 Å². The smallest absolute Gasteiger partial charge is 0.339 e. The van der Waals surface area contributed by atoms with Gasteiger partial charge >= 0.3 is 6.18 Å². The number of alkyl halides is 3. The minimum atomic E-state index is -5.03. The number of carbonyl (C=O) groups is 2. The topological polar surface area (TPSA) is 107 Å². The van der Waals surface area contributed by atoms with E-state index in [-0.39, 0.29) is 11.1 Å². The molecule has 2 rings (SSSR count). The second-order valence-electron chi connectivity index (χ2n) is 6.76. The van der Waals surface area contributed by atoms with Crippen LogP contribution in [0.3, 0.4) is 0 Å². The van der Waals surface area contributed by atoms with Crippen molar-refractivity contribution >= 4 is 21.7 Å². The van der Waals surface area contributed by atoms with Gasteiger partial charge < -0.3 is 5.32 Å². The molecule has 0 aliphatic heterocycles. The van der Waals surface area contributed by atoms with Crippen molar-refractivity contribution < 1.29 is 35.6 Å². The zero-order valence-corrected chi connectivity index (χ0v) is 17.4. The molecule has 0 aliphatic rings. The number of nitriles is 1. The van der Waals surface area contributed by atoms with Gasteiger partial charge in [0, 0.05) is 12.6 Å². The van der Waals surface area contributed by atoms with E-state index in [4.69, 9.17) is 5.26 Å². The zero-order chi connectivity index (χ0) is 24.1. The number of halogens is 4. The second-order valence-corrected chi connectivity index (χ2v) is 8.87. The summed E-state index contributed by atoms with van der Waals surface area (Å²) in [6.45, 7) is 0. The molecule has 0 bridgehead atoms. The van der Waals surface area contributed by atoms with Gasteiger partial charge in [0.1, 0.15) is 11.9 Å². The van der Waals surface area contributed by atoms with E-state index in [0.717, 1.165) is 13.1 Å². The Bertz CT molecular complexity index is 1150. The van der Waals surface area contributed by atoms with Gasteiger partial charge in [-0.1, -0.05) is 24.3 Å². The monoisotopic (exact) mass is 471 g/mol. The number of amides is 2. The van der Waals surface area contributed by atoms with Crippen molar-refractivity contribution in [2.24, 2.45) is 0 Å². The largest absolute Gasteiger partial charge is 0.419 e. The molecule has 2 aromatic rings. The fourth-order valence-corrected chi connectivity index (χ4v) is 4.27. The number of hydrogen-bond donors (Lipinski definition) is 1. The average Bonchev–Trinajstić information content (AvgIpc) is 2.72. The molecule has 0 saturated carbocycles. The first-order chi connectivity index (χ1) is 14.8. The third-order valence-electron chi connectivity index (χ3n) is 4.26. The molecule has 2 aromatic carbocycles. The molecule has 2 amide bonds. The molecule has 0 heterocycles. The Labute approximate surface area is 181 Å². The minimum absolute atomic E-state index is 0.121. The molecule has 0 aliphatic carbocycles. The van der Waals surface area contributed by atoms with Crippen LogP contribution in [0.2, 0.25) is 0 Å². The Kier molecular flexibility index (Phi) is 7.58. The van der Waals surface area contributed by atoms with Gasteiger partial charge in [-0.15, -0.1) is 0 Å². The fourth-order valence-electron chi connectivity index (χ4n) is 2.74. The first kappa shape index (κ1) is 24.8. The number of nitrogens with one attached hydrogen (secondary N) is 1. The highest BCUT2D eigenvalue weighted by Crippen LogP contribution is 2.32. The molecule has 1 N–H and O–H groups in total. The second kappa shape index (κ2) is 9.78. The summed E-state index contributed by atoms with van der Waals surface area (Å²) in [6, 6.07) is 7.60. The van der Waals surface area contributed by atoms with Gasteiger partial charge in [0.2, 0.25) is 0 Å². The van der Waals surface area contributed by atoms with Crippen LogP contribution in [0.1, 0.15) is 21.5 Å². The number of sulfone groups is 1. The number of nitrogens with zero attached hydrogens (tertiary/aromatic N) is 2. The van der Waals surface area contributed by atoms with Crippen molar-refractivity contribution in [2.45, 2.75) is 18.0 Å². The number of hydrogen-bond acceptors (Lipinski definition) is 5. The first-order valence-electron chi connectivity index (χ1n) is 8.93. The quantitative estimate of drug-likeness (QED) is 0.379. The van der Waals surface area contributed by atoms with Gasteiger partial charge in [-0.3, -0.25) is 14.5 Å². The lowest BCUT2D eigenvalue weighted by Crippen LogP contribution is -2.50. The first-order valence-corrected chi connectivity index (χ1v) is 10.8. The average molecular weight is 471 g/mol. The molecule has 32 heavy (non-hydrogen) atoms. The van der Waals surface area contributed by atoms with Crippen molar-refractivity contribution in [1.29, 1.82) is 5.26 Å². The van der Waals surface area contributed by atoms with Gasteiger partial charge in [0.25, 0.3) is 11.8 Å². The predicted octanol–water partition coefficient (Wildman–Crippen LogP) is 2.50. The van der Waals surface area contributed by atoms with E-state index in [2.05, 4.69) is 5.32 Å². The summed E-state index contributed by atoms with van der Waals surface area (Å²) in [4.78, 5) is 25.3. The van der Waals surface area contributed by atoms with Crippen molar-refractivity contribution in [3.63, 3.8) is 0 Å². The van der Waals surface area contributed by atoms with Crippen LogP contribution in [-0.4, -0.2) is 44.0 Å². The molecule has 0 fully saturated rings. The zero-order valence-electron chi connectivity index (χ0n) is 16.6. The molecule has 12 heteroatoms. The summed E-state index contributed by atoms with van der Waals surface area (Å²) in [5, 5.41) is 11.2. The van der Waals surface area contributed by atoms with Gasteiger partial charge in [-0.2, -0.15) is 18.4 Å². The highest BCUT2D eigenvalue weighted by molar-refractivity contribution is 7.90. The Balaban J connectivity index is 2.28. The van der Waals surface area contributed by atoms with Crippen molar-refractivity contribution in [3.8, 4) is 6.19 Å². The Morgan fingerprint density at radius 2 is 1.78 bits per heavy atom. The van der Waals surface area contributed by atoms with Crippen LogP contribution < -0.4 is 5.32 Å². The standard InChI is InChI=1S/C20H17F4N3O4S/c1-27(12-25)19(29)17(26-18(28)14-5-3-2-4-6-14)11-32(30,31)10-13-7-8-16(21)15(9-13)20(22,23)24/h2-9,17H,10-11H2,1H3,(H,26,28)/t17-/m0/s1. The Hall–Kier alpha value is -3.46. The molecule has 1 atom stereocenters. The van der Waals surface area contributed by atoms with Crippen LogP contribution in [0.5, 0.6) is 0 Å². The summed E-state index contributed by atoms with van der Waals surface area (Å²) >= 11 is 0. The molecule has 7 nitrogen and oxygen atoms in total. The summed E-state index contributed by atoms with van der Waals surface area (Å²) in [5.74, 6) is -5.31. The summed E-state index contributed by atoms with van der Waals surface area (Å²) in [5.41, 5.74) is -1.86. The van der Waals surface area contributed by atoms with Gasteiger partial charge in [-0.05, 0) is 29.8 Å². The molecule has 170 valence electrons. The van der Waals surface area contributed by atoms with E-state index in [0.29, 0.717) is 17.0 Å². The number of likely N-dealkylation sites (N-methyl/N-ethyl adjacent to an activating group) is 1. The highest BCUT2D eigenvalue weighted by atomic mass is 32.2. The highest BCUT2D eigenvalue weighted by Gasteiger charge is 2.35. The van der Waals surface area contributed by atoms with Gasteiger partial charge in [0.05, 0.1) is 17.1 Å². The maximum Gasteiger partial charge on any atom is 0.419 e. The van der Waals surface area contributed by atoms with Crippen LogP contribution in [0.4, 0.5) is 17.6 Å². The third kappa shape index (κ3) is 6.52. The van der Waals surface area contributed by atoms with Crippen LogP contribution in [0, 0.1) is 17.3 Å². The van der Waals surface area contributed by atoms with E-state index in [9.17, 15) is 35.6 Å². The maximum absolute atomic E-state index is 13.4. The molecule has 0 saturated heterocycles. The Morgan fingerprint density at radius 1 is 1.16 bits per heavy atom. The number of carbonyl (C=O) groups excluding carboxylic acids is 2. The summed E-state index contributed by atoms with van der Waals surface area (Å²) < 4.78 is 77.3. The third-order valence-corrected chi connectivity index (χ3v) is 5.88. The summed E-state index contributed by atoms with van der Waals surface area (Å²) in [6.07, 6.45) is -3.53. The van der Waals surface area contributed by atoms with Crippen LogP contribution in [-0.2, 0) is 26.6 Å². The normalized spacial score (nSPS) is 12.5. The summed E-state index contributed by atoms with van der Waals surface area (Å²) in [7, 11) is -3.22. The van der Waals surface area contributed by atoms with Gasteiger partial charge in [0.15, 0.2) is 16.0 Å². The SMILES string of the molecule is CN(C#N)C(=O)[C@H](CS(=O)(=O)Cc1ccc(F)c(C(F)(F)F)c1)NC(=O)c1ccccc1. The lowest BCUT2D eigenvalue weighted by atomic mass is 10.1. The lowest BCUT2D eigenvalue weighted by molar-refractivity contribution is -0.140. The van der Waals surface area contributed by atoms with Crippen LogP contribution in [0.15, 0.2) is 48.5 Å². The van der Waals surface area contributed by atoms with E-state index >= 15 is 0 Å². The Morgan fingerprint density at radius 3 is 2.34 bits per heavy atom. The van der Waals surface area contributed by atoms with E-state index < -0.39 is 56.8 Å². The molecule has 0 radical (unpaired) electrons. The van der Waals surface area contributed by atoms with Crippen molar-refractivity contribution in [2.75, 3.05) is 12.8 Å². The predicted molar refractivity (Wildman–Crippen MR) is 105 cm³/mol. The van der Waals surface area contributed by atoms with E-state index in [1.165, 1.54) is 30.5 Å². The molecular formula is C20H17F4N3O4S. The molecule has 0 unspecified atom stereocenters. The lowest BCUT2D eigenvalue weighted by Gasteiger charge is -2.20. The van der Waals surface area contributed by atoms with Crippen molar-refractivity contribution in [1.82, 2.24) is 10.2 Å². The van der Waals surface area contributed by atoms with Gasteiger partial charge in [-0.25, -0.2) is 12.8 Å². The molecular weight excluding hydrogens is 454 g/mol. The number of rotatable bonds is 7. The number of benzene rings is 2. The van der Waals surface area contributed by atoms with E-state index in [1.54, 1.807) is 6.07 Å². The molecule has 0 spiro atoms. The minimum Gasteiger partial charge on any atom is -0.339 e. The fraction of sp³-hybridized carbons (Fsp3) is 0.250.